The van der Waals surface area contributed by atoms with Crippen LogP contribution in [0.2, 0.25) is 0 Å². The lowest BCUT2D eigenvalue weighted by Gasteiger charge is -2.25. The molecule has 6 heteroatoms. The van der Waals surface area contributed by atoms with Gasteiger partial charge in [-0.1, -0.05) is 45.7 Å². The summed E-state index contributed by atoms with van der Waals surface area (Å²) in [6, 6.07) is 10.1. The predicted molar refractivity (Wildman–Crippen MR) is 126 cm³/mol. The molecule has 1 fully saturated rings. The van der Waals surface area contributed by atoms with Crippen LogP contribution in [-0.2, 0) is 9.59 Å². The maximum Gasteiger partial charge on any atom is 0.295 e. The maximum atomic E-state index is 13.6. The van der Waals surface area contributed by atoms with Crippen LogP contribution in [0.15, 0.2) is 48.0 Å². The number of ether oxygens (including phenoxy) is 1. The SMILES string of the molecule is CCCCCN1C(=O)C(=O)/C(=C(\O)c2ccc(OCC(C)C)c(C)c2)C1c1ccc(F)cc1. The van der Waals surface area contributed by atoms with Crippen LogP contribution in [0.4, 0.5) is 4.39 Å². The van der Waals surface area contributed by atoms with Crippen LogP contribution in [0.25, 0.3) is 5.76 Å². The number of benzene rings is 2. The lowest BCUT2D eigenvalue weighted by molar-refractivity contribution is -0.139. The number of amides is 1. The highest BCUT2D eigenvalue weighted by Crippen LogP contribution is 2.40. The lowest BCUT2D eigenvalue weighted by atomic mass is 9.94. The van der Waals surface area contributed by atoms with Crippen LogP contribution >= 0.6 is 0 Å². The Morgan fingerprint density at radius 2 is 1.82 bits per heavy atom. The standard InChI is InChI=1S/C27H32FNO4/c1-5-6-7-14-29-24(19-8-11-21(28)12-9-19)23(26(31)27(29)32)25(30)20-10-13-22(18(4)15-20)33-16-17(2)3/h8-13,15,17,24,30H,5-7,14,16H2,1-4H3/b25-23-. The molecule has 1 unspecified atom stereocenters. The minimum Gasteiger partial charge on any atom is -0.507 e. The number of aliphatic hydroxyl groups is 1. The first-order valence-electron chi connectivity index (χ1n) is 11.5. The van der Waals surface area contributed by atoms with Gasteiger partial charge in [0.2, 0.25) is 0 Å². The van der Waals surface area contributed by atoms with Gasteiger partial charge in [0.25, 0.3) is 11.7 Å². The molecule has 0 radical (unpaired) electrons. The molecule has 0 bridgehead atoms. The van der Waals surface area contributed by atoms with Gasteiger partial charge < -0.3 is 14.7 Å². The number of rotatable bonds is 9. The molecule has 1 heterocycles. The van der Waals surface area contributed by atoms with Crippen molar-refractivity contribution < 1.29 is 23.8 Å². The minimum absolute atomic E-state index is 0.0263. The molecule has 1 amide bonds. The summed E-state index contributed by atoms with van der Waals surface area (Å²) in [7, 11) is 0. The zero-order valence-corrected chi connectivity index (χ0v) is 19.7. The summed E-state index contributed by atoms with van der Waals surface area (Å²) in [5.74, 6) is -0.938. The second-order valence-corrected chi connectivity index (χ2v) is 8.94. The third kappa shape index (κ3) is 5.44. The Balaban J connectivity index is 2.04. The van der Waals surface area contributed by atoms with Crippen LogP contribution in [0, 0.1) is 18.7 Å². The highest BCUT2D eigenvalue weighted by atomic mass is 19.1. The van der Waals surface area contributed by atoms with E-state index in [4.69, 9.17) is 4.74 Å². The minimum atomic E-state index is -0.764. The first-order chi connectivity index (χ1) is 15.7. The zero-order valence-electron chi connectivity index (χ0n) is 19.7. The average molecular weight is 454 g/mol. The Hall–Kier alpha value is -3.15. The van der Waals surface area contributed by atoms with E-state index in [2.05, 4.69) is 20.8 Å². The van der Waals surface area contributed by atoms with Crippen molar-refractivity contribution in [3.63, 3.8) is 0 Å². The second-order valence-electron chi connectivity index (χ2n) is 8.94. The van der Waals surface area contributed by atoms with Crippen molar-refractivity contribution in [2.75, 3.05) is 13.2 Å². The number of aliphatic hydroxyl groups excluding tert-OH is 1. The fraction of sp³-hybridized carbons (Fsp3) is 0.407. The number of likely N-dealkylation sites (tertiary alicyclic amines) is 1. The normalized spacial score (nSPS) is 17.8. The molecular formula is C27H32FNO4. The molecule has 1 saturated heterocycles. The largest absolute Gasteiger partial charge is 0.507 e. The van der Waals surface area contributed by atoms with E-state index in [1.165, 1.54) is 17.0 Å². The van der Waals surface area contributed by atoms with E-state index in [-0.39, 0.29) is 11.3 Å². The fourth-order valence-electron chi connectivity index (χ4n) is 4.01. The van der Waals surface area contributed by atoms with Gasteiger partial charge in [-0.15, -0.1) is 0 Å². The molecule has 176 valence electrons. The second kappa shape index (κ2) is 10.6. The van der Waals surface area contributed by atoms with Gasteiger partial charge >= 0.3 is 0 Å². The third-order valence-electron chi connectivity index (χ3n) is 5.75. The van der Waals surface area contributed by atoms with Gasteiger partial charge in [-0.3, -0.25) is 9.59 Å². The van der Waals surface area contributed by atoms with E-state index < -0.39 is 23.5 Å². The Kier molecular flexibility index (Phi) is 7.90. The number of Topliss-reactive ketones (excluding diaryl/α,β-unsaturated/α-hetero) is 1. The molecule has 2 aromatic carbocycles. The van der Waals surface area contributed by atoms with E-state index in [1.807, 2.05) is 6.92 Å². The van der Waals surface area contributed by atoms with Gasteiger partial charge in [-0.05, 0) is 60.7 Å². The monoisotopic (exact) mass is 453 g/mol. The van der Waals surface area contributed by atoms with Crippen molar-refractivity contribution in [2.45, 2.75) is 53.0 Å². The van der Waals surface area contributed by atoms with Gasteiger partial charge in [-0.2, -0.15) is 0 Å². The zero-order chi connectivity index (χ0) is 24.1. The Bertz CT molecular complexity index is 1040. The molecule has 5 nitrogen and oxygen atoms in total. The molecule has 0 saturated carbocycles. The van der Waals surface area contributed by atoms with Crippen molar-refractivity contribution in [3.05, 3.63) is 70.5 Å². The number of nitrogens with zero attached hydrogens (tertiary/aromatic N) is 1. The van der Waals surface area contributed by atoms with Crippen LogP contribution in [0.5, 0.6) is 5.75 Å². The summed E-state index contributed by atoms with van der Waals surface area (Å²) in [5.41, 5.74) is 1.86. The number of ketones is 1. The molecule has 3 rings (SSSR count). The van der Waals surface area contributed by atoms with E-state index in [1.54, 1.807) is 30.3 Å². The first kappa shape index (κ1) is 24.5. The van der Waals surface area contributed by atoms with Gasteiger partial charge in [0, 0.05) is 12.1 Å². The topological polar surface area (TPSA) is 66.8 Å². The summed E-state index contributed by atoms with van der Waals surface area (Å²) in [6.45, 7) is 9.00. The molecule has 0 aromatic heterocycles. The van der Waals surface area contributed by atoms with Crippen molar-refractivity contribution in [3.8, 4) is 5.75 Å². The number of carbonyl (C=O) groups is 2. The van der Waals surface area contributed by atoms with E-state index >= 15 is 0 Å². The molecule has 33 heavy (non-hydrogen) atoms. The first-order valence-corrected chi connectivity index (χ1v) is 11.5. The van der Waals surface area contributed by atoms with Gasteiger partial charge in [-0.25, -0.2) is 4.39 Å². The number of halogens is 1. The summed E-state index contributed by atoms with van der Waals surface area (Å²) >= 11 is 0. The molecular weight excluding hydrogens is 421 g/mol. The number of hydrogen-bond donors (Lipinski definition) is 1. The van der Waals surface area contributed by atoms with Crippen molar-refractivity contribution >= 4 is 17.4 Å². The van der Waals surface area contributed by atoms with Crippen molar-refractivity contribution in [1.29, 1.82) is 0 Å². The van der Waals surface area contributed by atoms with Gasteiger partial charge in [0.15, 0.2) is 0 Å². The maximum absolute atomic E-state index is 13.6. The van der Waals surface area contributed by atoms with E-state index in [9.17, 15) is 19.1 Å². The lowest BCUT2D eigenvalue weighted by Crippen LogP contribution is -2.30. The van der Waals surface area contributed by atoms with Crippen molar-refractivity contribution in [2.24, 2.45) is 5.92 Å². The van der Waals surface area contributed by atoms with E-state index in [0.717, 1.165) is 24.8 Å². The Morgan fingerprint density at radius 1 is 1.12 bits per heavy atom. The van der Waals surface area contributed by atoms with Crippen LogP contribution in [0.1, 0.15) is 62.8 Å². The smallest absolute Gasteiger partial charge is 0.295 e. The van der Waals surface area contributed by atoms with Crippen LogP contribution in [-0.4, -0.2) is 34.8 Å². The van der Waals surface area contributed by atoms with Crippen LogP contribution in [0.3, 0.4) is 0 Å². The van der Waals surface area contributed by atoms with Gasteiger partial charge in [0.05, 0.1) is 18.2 Å². The Morgan fingerprint density at radius 3 is 2.42 bits per heavy atom. The number of aryl methyl sites for hydroxylation is 1. The molecule has 2 aromatic rings. The predicted octanol–water partition coefficient (Wildman–Crippen LogP) is 5.78. The molecule has 1 aliphatic heterocycles. The summed E-state index contributed by atoms with van der Waals surface area (Å²) in [6.07, 6.45) is 2.62. The highest BCUT2D eigenvalue weighted by Gasteiger charge is 2.45. The fourth-order valence-corrected chi connectivity index (χ4v) is 4.01. The Labute approximate surface area is 194 Å². The van der Waals surface area contributed by atoms with Crippen molar-refractivity contribution in [1.82, 2.24) is 4.90 Å². The summed E-state index contributed by atoms with van der Waals surface area (Å²) in [5, 5.41) is 11.2. The average Bonchev–Trinajstić information content (AvgIpc) is 3.03. The molecule has 1 atom stereocenters. The molecule has 0 aliphatic carbocycles. The molecule has 0 spiro atoms. The summed E-state index contributed by atoms with van der Waals surface area (Å²) < 4.78 is 19.4. The quantitative estimate of drug-likeness (QED) is 0.226. The van der Waals surface area contributed by atoms with Gasteiger partial charge in [0.1, 0.15) is 17.3 Å². The number of carbonyl (C=O) groups excluding carboxylic acids is 2. The summed E-state index contributed by atoms with van der Waals surface area (Å²) in [4.78, 5) is 27.4. The third-order valence-corrected chi connectivity index (χ3v) is 5.75. The van der Waals surface area contributed by atoms with E-state index in [0.29, 0.717) is 35.9 Å². The highest BCUT2D eigenvalue weighted by molar-refractivity contribution is 6.46. The number of unbranched alkanes of at least 4 members (excludes halogenated alkanes) is 2. The molecule has 1 aliphatic rings. The number of hydrogen-bond acceptors (Lipinski definition) is 4. The molecule has 1 N–H and O–H groups in total. The van der Waals surface area contributed by atoms with Crippen LogP contribution < -0.4 is 4.74 Å².